The lowest BCUT2D eigenvalue weighted by atomic mass is 9.76. The predicted molar refractivity (Wildman–Crippen MR) is 60.4 cm³/mol. The second-order valence-corrected chi connectivity index (χ2v) is 4.49. The second kappa shape index (κ2) is 4.71. The zero-order valence-electron chi connectivity index (χ0n) is 9.26. The van der Waals surface area contributed by atoms with Gasteiger partial charge in [-0.1, -0.05) is 13.3 Å². The van der Waals surface area contributed by atoms with Crippen LogP contribution in [0, 0.1) is 5.92 Å². The van der Waals surface area contributed by atoms with Crippen molar-refractivity contribution in [3.63, 3.8) is 0 Å². The van der Waals surface area contributed by atoms with E-state index in [2.05, 4.69) is 16.9 Å². The maximum atomic E-state index is 6.16. The van der Waals surface area contributed by atoms with Gasteiger partial charge in [-0.15, -0.1) is 0 Å². The van der Waals surface area contributed by atoms with Crippen LogP contribution in [-0.4, -0.2) is 16.0 Å². The van der Waals surface area contributed by atoms with Gasteiger partial charge in [0.1, 0.15) is 0 Å². The van der Waals surface area contributed by atoms with Crippen LogP contribution in [-0.2, 0) is 0 Å². The molecule has 1 aromatic heterocycles. The van der Waals surface area contributed by atoms with Gasteiger partial charge in [0.15, 0.2) is 0 Å². The molecule has 0 spiro atoms. The molecular weight excluding hydrogens is 186 g/mol. The molecule has 3 unspecified atom stereocenters. The molecule has 3 nitrogen and oxygen atoms in total. The molecule has 3 atom stereocenters. The van der Waals surface area contributed by atoms with Crippen LogP contribution in [0.5, 0.6) is 0 Å². The van der Waals surface area contributed by atoms with Crippen molar-refractivity contribution in [2.24, 2.45) is 11.7 Å². The monoisotopic (exact) mass is 205 g/mol. The summed E-state index contributed by atoms with van der Waals surface area (Å²) in [6.07, 6.45) is 10.2. The van der Waals surface area contributed by atoms with Crippen molar-refractivity contribution in [2.75, 3.05) is 0 Å². The van der Waals surface area contributed by atoms with Crippen molar-refractivity contribution in [1.82, 2.24) is 9.97 Å². The molecule has 1 fully saturated rings. The highest BCUT2D eigenvalue weighted by Gasteiger charge is 2.29. The Kier molecular flexibility index (Phi) is 3.31. The van der Waals surface area contributed by atoms with E-state index in [1.807, 2.05) is 6.20 Å². The van der Waals surface area contributed by atoms with Crippen molar-refractivity contribution in [3.05, 3.63) is 24.3 Å². The lowest BCUT2D eigenvalue weighted by molar-refractivity contribution is 0.279. The Morgan fingerprint density at radius 3 is 2.93 bits per heavy atom. The minimum absolute atomic E-state index is 0.268. The van der Waals surface area contributed by atoms with Gasteiger partial charge in [0, 0.05) is 30.6 Å². The number of nitrogens with two attached hydrogens (primary N) is 1. The fourth-order valence-electron chi connectivity index (χ4n) is 2.49. The van der Waals surface area contributed by atoms with Crippen LogP contribution in [0.3, 0.4) is 0 Å². The first-order valence-electron chi connectivity index (χ1n) is 5.82. The summed E-state index contributed by atoms with van der Waals surface area (Å²) in [7, 11) is 0. The van der Waals surface area contributed by atoms with Gasteiger partial charge in [-0.3, -0.25) is 9.97 Å². The number of rotatable bonds is 2. The summed E-state index contributed by atoms with van der Waals surface area (Å²) in [6, 6.07) is 0.268. The first-order chi connectivity index (χ1) is 7.31. The molecule has 1 aliphatic carbocycles. The highest BCUT2D eigenvalue weighted by atomic mass is 14.8. The molecule has 1 aliphatic rings. The number of hydrogen-bond donors (Lipinski definition) is 1. The Morgan fingerprint density at radius 1 is 1.40 bits per heavy atom. The maximum absolute atomic E-state index is 6.16. The third kappa shape index (κ3) is 2.34. The van der Waals surface area contributed by atoms with E-state index in [9.17, 15) is 0 Å². The Morgan fingerprint density at radius 2 is 2.27 bits per heavy atom. The topological polar surface area (TPSA) is 51.8 Å². The minimum atomic E-state index is 0.268. The van der Waals surface area contributed by atoms with Crippen LogP contribution in [0.4, 0.5) is 0 Å². The number of hydrogen-bond acceptors (Lipinski definition) is 3. The van der Waals surface area contributed by atoms with Crippen molar-refractivity contribution in [1.29, 1.82) is 0 Å². The predicted octanol–water partition coefficient (Wildman–Crippen LogP) is 2.10. The molecule has 15 heavy (non-hydrogen) atoms. The van der Waals surface area contributed by atoms with E-state index in [1.165, 1.54) is 19.3 Å². The molecule has 0 saturated heterocycles. The average molecular weight is 205 g/mol. The molecule has 2 N–H and O–H groups in total. The average Bonchev–Trinajstić information content (AvgIpc) is 2.31. The Hall–Kier alpha value is -0.960. The minimum Gasteiger partial charge on any atom is -0.327 e. The quantitative estimate of drug-likeness (QED) is 0.804. The van der Waals surface area contributed by atoms with Crippen LogP contribution < -0.4 is 5.73 Å². The largest absolute Gasteiger partial charge is 0.327 e. The van der Waals surface area contributed by atoms with E-state index >= 15 is 0 Å². The molecule has 1 aromatic rings. The molecule has 1 saturated carbocycles. The molecule has 0 aliphatic heterocycles. The van der Waals surface area contributed by atoms with E-state index in [-0.39, 0.29) is 6.04 Å². The zero-order valence-corrected chi connectivity index (χ0v) is 9.26. The van der Waals surface area contributed by atoms with E-state index < -0.39 is 0 Å². The van der Waals surface area contributed by atoms with Gasteiger partial charge >= 0.3 is 0 Å². The molecular formula is C12H19N3. The molecule has 0 aromatic carbocycles. The Bertz CT molecular complexity index is 299. The summed E-state index contributed by atoms with van der Waals surface area (Å²) in [4.78, 5) is 8.51. The third-order valence-electron chi connectivity index (χ3n) is 3.55. The summed E-state index contributed by atoms with van der Waals surface area (Å²) >= 11 is 0. The lowest BCUT2D eigenvalue weighted by Gasteiger charge is -2.33. The van der Waals surface area contributed by atoms with Crippen molar-refractivity contribution in [2.45, 2.75) is 44.6 Å². The maximum Gasteiger partial charge on any atom is 0.0633 e. The van der Waals surface area contributed by atoms with Gasteiger partial charge < -0.3 is 5.73 Å². The van der Waals surface area contributed by atoms with Crippen molar-refractivity contribution in [3.8, 4) is 0 Å². The lowest BCUT2D eigenvalue weighted by Crippen LogP contribution is -2.35. The van der Waals surface area contributed by atoms with Crippen LogP contribution >= 0.6 is 0 Å². The van der Waals surface area contributed by atoms with Gasteiger partial charge in [0.25, 0.3) is 0 Å². The Balaban J connectivity index is 2.13. The van der Waals surface area contributed by atoms with Gasteiger partial charge in [0.2, 0.25) is 0 Å². The van der Waals surface area contributed by atoms with Gasteiger partial charge in [-0.05, 0) is 25.2 Å². The highest BCUT2D eigenvalue weighted by molar-refractivity contribution is 5.08. The van der Waals surface area contributed by atoms with Crippen LogP contribution in [0.1, 0.15) is 44.2 Å². The Labute approximate surface area is 91.1 Å². The first kappa shape index (κ1) is 10.6. The van der Waals surface area contributed by atoms with Crippen LogP contribution in [0.25, 0.3) is 0 Å². The van der Waals surface area contributed by atoms with Gasteiger partial charge in [-0.2, -0.15) is 0 Å². The molecule has 0 bridgehead atoms. The zero-order chi connectivity index (χ0) is 10.7. The van der Waals surface area contributed by atoms with Crippen LogP contribution in [0.2, 0.25) is 0 Å². The van der Waals surface area contributed by atoms with Gasteiger partial charge in [0.05, 0.1) is 5.69 Å². The second-order valence-electron chi connectivity index (χ2n) is 4.49. The van der Waals surface area contributed by atoms with Crippen molar-refractivity contribution >= 4 is 0 Å². The van der Waals surface area contributed by atoms with E-state index in [1.54, 1.807) is 12.4 Å². The van der Waals surface area contributed by atoms with Crippen molar-refractivity contribution < 1.29 is 0 Å². The number of aromatic nitrogens is 2. The summed E-state index contributed by atoms with van der Waals surface area (Å²) in [5.41, 5.74) is 7.23. The first-order valence-corrected chi connectivity index (χ1v) is 5.82. The third-order valence-corrected chi connectivity index (χ3v) is 3.55. The molecule has 82 valence electrons. The molecule has 3 heteroatoms. The summed E-state index contributed by atoms with van der Waals surface area (Å²) in [6.45, 7) is 2.26. The van der Waals surface area contributed by atoms with Gasteiger partial charge in [-0.25, -0.2) is 0 Å². The van der Waals surface area contributed by atoms with Crippen LogP contribution in [0.15, 0.2) is 18.6 Å². The summed E-state index contributed by atoms with van der Waals surface area (Å²) in [5.74, 6) is 1.23. The summed E-state index contributed by atoms with van der Waals surface area (Å²) in [5, 5.41) is 0. The smallest absolute Gasteiger partial charge is 0.0633 e. The molecule has 0 amide bonds. The molecule has 0 radical (unpaired) electrons. The molecule has 1 heterocycles. The summed E-state index contributed by atoms with van der Waals surface area (Å²) < 4.78 is 0. The fourth-order valence-corrected chi connectivity index (χ4v) is 2.49. The molecule has 2 rings (SSSR count). The standard InChI is InChI=1S/C12H19N3/c1-2-9-3-4-11(13)10(7-9)12-8-14-5-6-15-12/h5-6,8-11H,2-4,7,13H2,1H3. The fraction of sp³-hybridized carbons (Fsp3) is 0.667. The SMILES string of the molecule is CCC1CCC(N)C(c2cnccn2)C1. The number of nitrogens with zero attached hydrogens (tertiary/aromatic N) is 2. The normalized spacial score (nSPS) is 31.5. The van der Waals surface area contributed by atoms with E-state index in [0.29, 0.717) is 5.92 Å². The highest BCUT2D eigenvalue weighted by Crippen LogP contribution is 2.35. The van der Waals surface area contributed by atoms with E-state index in [4.69, 9.17) is 5.73 Å². The van der Waals surface area contributed by atoms with E-state index in [0.717, 1.165) is 18.0 Å².